The Morgan fingerprint density at radius 2 is 1.61 bits per heavy atom. The van der Waals surface area contributed by atoms with Gasteiger partial charge in [-0.2, -0.15) is 0 Å². The molecule has 0 saturated heterocycles. The lowest BCUT2D eigenvalue weighted by molar-refractivity contribution is -0.157. The summed E-state index contributed by atoms with van der Waals surface area (Å²) in [6, 6.07) is -0.979. The summed E-state index contributed by atoms with van der Waals surface area (Å²) in [6.07, 6.45) is 1.22. The minimum absolute atomic E-state index is 0.105. The highest BCUT2D eigenvalue weighted by Gasteiger charge is 2.34. The van der Waals surface area contributed by atoms with Crippen molar-refractivity contribution in [2.75, 3.05) is 6.54 Å². The van der Waals surface area contributed by atoms with E-state index in [-0.39, 0.29) is 29.4 Å². The van der Waals surface area contributed by atoms with E-state index in [1.165, 1.54) is 0 Å². The van der Waals surface area contributed by atoms with E-state index in [1.54, 1.807) is 55.4 Å². The molecule has 1 aliphatic rings. The van der Waals surface area contributed by atoms with Crippen LogP contribution >= 0.6 is 0 Å². The van der Waals surface area contributed by atoms with Crippen molar-refractivity contribution in [3.8, 4) is 5.75 Å². The van der Waals surface area contributed by atoms with Gasteiger partial charge in [-0.25, -0.2) is 22.7 Å². The van der Waals surface area contributed by atoms with Gasteiger partial charge in [0.1, 0.15) is 28.6 Å². The van der Waals surface area contributed by atoms with Gasteiger partial charge in [-0.3, -0.25) is 4.99 Å². The molecule has 1 aromatic carbocycles. The van der Waals surface area contributed by atoms with Gasteiger partial charge in [0.25, 0.3) is 10.0 Å². The van der Waals surface area contributed by atoms with Crippen LogP contribution in [0.4, 0.5) is 4.79 Å². The summed E-state index contributed by atoms with van der Waals surface area (Å²) in [5.74, 6) is -0.135. The van der Waals surface area contributed by atoms with E-state index in [9.17, 15) is 18.0 Å². The summed E-state index contributed by atoms with van der Waals surface area (Å²) in [7, 11) is -4.04. The third-order valence-electron chi connectivity index (χ3n) is 6.49. The zero-order valence-electron chi connectivity index (χ0n) is 26.4. The number of hydrogen-bond donors (Lipinski definition) is 3. The molecular weight excluding hydrogens is 548 g/mol. The van der Waals surface area contributed by atoms with Gasteiger partial charge in [-0.1, -0.05) is 0 Å². The molecule has 12 heteroatoms. The van der Waals surface area contributed by atoms with Crippen molar-refractivity contribution in [2.45, 2.75) is 130 Å². The van der Waals surface area contributed by atoms with E-state index in [0.29, 0.717) is 24.0 Å². The molecule has 11 nitrogen and oxygen atoms in total. The smallest absolute Gasteiger partial charge is 0.408 e. The SMILES string of the molecule is Cc1c(C)c(S(=O)(=O)NC(N)=NCCC[C@H](NC(=O)OC(C)(C)C)C(=O)OC(C)(C)C)c(C)c2c1OC(C)(C)CC2. The molecule has 0 radical (unpaired) electrons. The molecule has 0 unspecified atom stereocenters. The van der Waals surface area contributed by atoms with Crippen LogP contribution in [0, 0.1) is 20.8 Å². The fraction of sp³-hybridized carbons (Fsp3) is 0.690. The number of ether oxygens (including phenoxy) is 3. The number of nitrogens with one attached hydrogen (secondary N) is 2. The van der Waals surface area contributed by atoms with Gasteiger partial charge in [0.2, 0.25) is 5.96 Å². The van der Waals surface area contributed by atoms with Gasteiger partial charge in [-0.05, 0) is 124 Å². The highest BCUT2D eigenvalue weighted by molar-refractivity contribution is 7.90. The number of benzene rings is 1. The molecule has 0 saturated carbocycles. The summed E-state index contributed by atoms with van der Waals surface area (Å²) in [5, 5.41) is 2.55. The van der Waals surface area contributed by atoms with Crippen LogP contribution in [0.15, 0.2) is 9.89 Å². The maximum atomic E-state index is 13.4. The number of nitrogens with zero attached hydrogens (tertiary/aromatic N) is 1. The highest BCUT2D eigenvalue weighted by atomic mass is 32.2. The first kappa shape index (κ1) is 34.2. The van der Waals surface area contributed by atoms with Gasteiger partial charge >= 0.3 is 12.1 Å². The fourth-order valence-electron chi connectivity index (χ4n) is 4.54. The van der Waals surface area contributed by atoms with Crippen molar-refractivity contribution in [3.05, 3.63) is 22.3 Å². The van der Waals surface area contributed by atoms with Gasteiger partial charge in [-0.15, -0.1) is 0 Å². The monoisotopic (exact) mass is 596 g/mol. The van der Waals surface area contributed by atoms with Gasteiger partial charge in [0.05, 0.1) is 4.90 Å². The predicted molar refractivity (Wildman–Crippen MR) is 159 cm³/mol. The lowest BCUT2D eigenvalue weighted by Gasteiger charge is -2.35. The number of rotatable bonds is 8. The van der Waals surface area contributed by atoms with Crippen LogP contribution in [0.2, 0.25) is 0 Å². The number of aliphatic imine (C=N–C) groups is 1. The largest absolute Gasteiger partial charge is 0.487 e. The number of amides is 1. The third kappa shape index (κ3) is 9.79. The maximum absolute atomic E-state index is 13.4. The predicted octanol–water partition coefficient (Wildman–Crippen LogP) is 4.32. The van der Waals surface area contributed by atoms with E-state index in [2.05, 4.69) is 15.0 Å². The number of alkyl carbamates (subject to hydrolysis) is 1. The summed E-state index contributed by atoms with van der Waals surface area (Å²) in [5.41, 5.74) is 7.04. The molecule has 0 fully saturated rings. The Balaban J connectivity index is 2.14. The van der Waals surface area contributed by atoms with E-state index in [1.807, 2.05) is 20.8 Å². The summed E-state index contributed by atoms with van der Waals surface area (Å²) >= 11 is 0. The van der Waals surface area contributed by atoms with Crippen molar-refractivity contribution in [1.82, 2.24) is 10.0 Å². The lowest BCUT2D eigenvalue weighted by Crippen LogP contribution is -2.46. The van der Waals surface area contributed by atoms with Crippen LogP contribution < -0.4 is 20.5 Å². The average Bonchev–Trinajstić information content (AvgIpc) is 2.76. The van der Waals surface area contributed by atoms with Crippen LogP contribution in [0.25, 0.3) is 0 Å². The summed E-state index contributed by atoms with van der Waals surface area (Å²) in [6.45, 7) is 19.9. The first-order valence-electron chi connectivity index (χ1n) is 13.9. The molecule has 1 heterocycles. The van der Waals surface area contributed by atoms with Crippen LogP contribution in [-0.2, 0) is 30.7 Å². The number of carbonyl (C=O) groups is 2. The van der Waals surface area contributed by atoms with Crippen molar-refractivity contribution in [3.63, 3.8) is 0 Å². The Hall–Kier alpha value is -3.02. The van der Waals surface area contributed by atoms with E-state index in [0.717, 1.165) is 23.3 Å². The van der Waals surface area contributed by atoms with Crippen molar-refractivity contribution >= 4 is 28.0 Å². The second-order valence-corrected chi connectivity index (χ2v) is 14.7. The number of carbonyl (C=O) groups excluding carboxylic acids is 2. The second kappa shape index (κ2) is 12.5. The number of sulfonamides is 1. The number of guanidine groups is 1. The van der Waals surface area contributed by atoms with Crippen LogP contribution in [0.5, 0.6) is 5.75 Å². The molecule has 0 aromatic heterocycles. The normalized spacial score (nSPS) is 16.2. The van der Waals surface area contributed by atoms with Gasteiger partial charge < -0.3 is 25.3 Å². The molecule has 2 rings (SSSR count). The van der Waals surface area contributed by atoms with Crippen LogP contribution in [0.3, 0.4) is 0 Å². The summed E-state index contributed by atoms with van der Waals surface area (Å²) < 4.78 is 46.1. The summed E-state index contributed by atoms with van der Waals surface area (Å²) in [4.78, 5) is 29.3. The number of esters is 1. The van der Waals surface area contributed by atoms with Crippen LogP contribution in [0.1, 0.15) is 96.9 Å². The number of nitrogens with two attached hydrogens (primary N) is 1. The minimum Gasteiger partial charge on any atom is -0.487 e. The Labute approximate surface area is 245 Å². The Bertz CT molecular complexity index is 1290. The molecule has 1 amide bonds. The highest BCUT2D eigenvalue weighted by Crippen LogP contribution is 2.42. The van der Waals surface area contributed by atoms with Crippen molar-refractivity contribution in [2.24, 2.45) is 10.7 Å². The number of hydrogen-bond acceptors (Lipinski definition) is 8. The molecule has 0 spiro atoms. The first-order chi connectivity index (χ1) is 18.5. The van der Waals surface area contributed by atoms with Gasteiger partial charge in [0.15, 0.2) is 0 Å². The van der Waals surface area contributed by atoms with Gasteiger partial charge in [0, 0.05) is 6.54 Å². The standard InChI is InChI=1S/C29H48N4O7S/c1-17-18(2)23(19(3)20-14-15-29(10,11)38-22(17)20)41(36,37)33-25(30)31-16-12-13-21(24(34)39-27(4,5)6)32-26(35)40-28(7,8)9/h21H,12-16H2,1-11H3,(H,32,35)(H3,30,31,33)/t21-/m0/s1. The number of fused-ring (bicyclic) bond motifs is 1. The fourth-order valence-corrected chi connectivity index (χ4v) is 6.06. The van der Waals surface area contributed by atoms with E-state index >= 15 is 0 Å². The topological polar surface area (TPSA) is 158 Å². The molecule has 232 valence electrons. The Morgan fingerprint density at radius 1 is 1.02 bits per heavy atom. The third-order valence-corrected chi connectivity index (χ3v) is 8.12. The average molecular weight is 597 g/mol. The zero-order valence-corrected chi connectivity index (χ0v) is 27.2. The minimum atomic E-state index is -4.04. The quantitative estimate of drug-likeness (QED) is 0.173. The molecule has 1 aliphatic heterocycles. The molecule has 0 bridgehead atoms. The molecule has 41 heavy (non-hydrogen) atoms. The lowest BCUT2D eigenvalue weighted by atomic mass is 9.88. The van der Waals surface area contributed by atoms with E-state index < -0.39 is 39.3 Å². The molecule has 1 atom stereocenters. The molecule has 0 aliphatic carbocycles. The second-order valence-electron chi connectivity index (χ2n) is 13.1. The Morgan fingerprint density at radius 3 is 2.17 bits per heavy atom. The van der Waals surface area contributed by atoms with E-state index in [4.69, 9.17) is 19.9 Å². The Kier molecular flexibility index (Phi) is 10.4. The molecule has 1 aromatic rings. The zero-order chi connectivity index (χ0) is 31.6. The maximum Gasteiger partial charge on any atom is 0.408 e. The van der Waals surface area contributed by atoms with Crippen molar-refractivity contribution in [1.29, 1.82) is 0 Å². The molecular formula is C29H48N4O7S. The van der Waals surface area contributed by atoms with Crippen LogP contribution in [-0.4, -0.2) is 55.8 Å². The van der Waals surface area contributed by atoms with Crippen molar-refractivity contribution < 1.29 is 32.2 Å². The first-order valence-corrected chi connectivity index (χ1v) is 15.4. The molecule has 4 N–H and O–H groups in total.